The molecule has 0 saturated carbocycles. The molecule has 0 aliphatic carbocycles. The molecule has 2 heterocycles. The molecule has 2 aliphatic heterocycles. The van der Waals surface area contributed by atoms with Crippen molar-refractivity contribution >= 4 is 11.6 Å². The van der Waals surface area contributed by atoms with Crippen LogP contribution in [0.2, 0.25) is 0 Å². The van der Waals surface area contributed by atoms with Gasteiger partial charge in [0, 0.05) is 31.4 Å². The van der Waals surface area contributed by atoms with E-state index in [2.05, 4.69) is 4.90 Å². The quantitative estimate of drug-likeness (QED) is 0.795. The maximum atomic E-state index is 12.7. The normalized spacial score (nSPS) is 23.4. The van der Waals surface area contributed by atoms with Crippen molar-refractivity contribution in [1.29, 1.82) is 0 Å². The molecular weight excluding hydrogens is 250 g/mol. The molecule has 1 atom stereocenters. The van der Waals surface area contributed by atoms with Gasteiger partial charge in [0.2, 0.25) is 0 Å². The fourth-order valence-corrected chi connectivity index (χ4v) is 3.44. The van der Waals surface area contributed by atoms with E-state index < -0.39 is 0 Å². The van der Waals surface area contributed by atoms with Gasteiger partial charge in [-0.15, -0.1) is 0 Å². The number of nitrogen functional groups attached to an aromatic ring is 1. The van der Waals surface area contributed by atoms with Crippen LogP contribution >= 0.6 is 0 Å². The molecule has 2 fully saturated rings. The van der Waals surface area contributed by atoms with Gasteiger partial charge in [0.1, 0.15) is 0 Å². The summed E-state index contributed by atoms with van der Waals surface area (Å²) in [7, 11) is 0. The standard InChI is InChI=1S/C16H23N3O/c1-12-5-6-14(15(17)10-12)16(20)19-9-3-8-18-7-2-4-13(18)11-19/h5-6,10,13H,2-4,7-9,11,17H2,1H3. The number of fused-ring (bicyclic) bond motifs is 1. The molecular formula is C16H23N3O. The zero-order chi connectivity index (χ0) is 14.1. The molecule has 4 nitrogen and oxygen atoms in total. The lowest BCUT2D eigenvalue weighted by Crippen LogP contribution is -2.39. The predicted octanol–water partition coefficient (Wildman–Crippen LogP) is 1.89. The Bertz CT molecular complexity index is 514. The van der Waals surface area contributed by atoms with Crippen molar-refractivity contribution in [2.45, 2.75) is 32.2 Å². The average molecular weight is 273 g/mol. The van der Waals surface area contributed by atoms with Gasteiger partial charge in [-0.25, -0.2) is 0 Å². The van der Waals surface area contributed by atoms with Crippen molar-refractivity contribution in [3.05, 3.63) is 29.3 Å². The van der Waals surface area contributed by atoms with Crippen LogP contribution < -0.4 is 5.73 Å². The number of hydrogen-bond donors (Lipinski definition) is 1. The zero-order valence-electron chi connectivity index (χ0n) is 12.1. The van der Waals surface area contributed by atoms with E-state index in [1.165, 1.54) is 19.4 Å². The number of amides is 1. The highest BCUT2D eigenvalue weighted by Gasteiger charge is 2.31. The summed E-state index contributed by atoms with van der Waals surface area (Å²) >= 11 is 0. The summed E-state index contributed by atoms with van der Waals surface area (Å²) in [5, 5.41) is 0. The molecule has 1 unspecified atom stereocenters. The fraction of sp³-hybridized carbons (Fsp3) is 0.562. The second-order valence-electron chi connectivity index (χ2n) is 6.03. The van der Waals surface area contributed by atoms with Crippen molar-refractivity contribution in [3.63, 3.8) is 0 Å². The number of carbonyl (C=O) groups excluding carboxylic acids is 1. The number of anilines is 1. The van der Waals surface area contributed by atoms with Crippen molar-refractivity contribution in [1.82, 2.24) is 9.80 Å². The Labute approximate surface area is 120 Å². The zero-order valence-corrected chi connectivity index (χ0v) is 12.1. The van der Waals surface area contributed by atoms with Crippen LogP contribution in [0.4, 0.5) is 5.69 Å². The lowest BCUT2D eigenvalue weighted by molar-refractivity contribution is 0.0744. The monoisotopic (exact) mass is 273 g/mol. The van der Waals surface area contributed by atoms with Gasteiger partial charge in [0.15, 0.2) is 0 Å². The third-order valence-electron chi connectivity index (χ3n) is 4.53. The van der Waals surface area contributed by atoms with E-state index in [-0.39, 0.29) is 5.91 Å². The minimum atomic E-state index is 0.0938. The summed E-state index contributed by atoms with van der Waals surface area (Å²) in [6.07, 6.45) is 3.54. The third kappa shape index (κ3) is 2.52. The second kappa shape index (κ2) is 5.44. The number of carbonyl (C=O) groups is 1. The Kier molecular flexibility index (Phi) is 3.66. The van der Waals surface area contributed by atoms with Gasteiger partial charge in [-0.05, 0) is 50.4 Å². The first kappa shape index (κ1) is 13.4. The molecule has 2 aliphatic rings. The van der Waals surface area contributed by atoms with Crippen LogP contribution in [0.3, 0.4) is 0 Å². The Balaban J connectivity index is 1.79. The number of benzene rings is 1. The Morgan fingerprint density at radius 1 is 1.25 bits per heavy atom. The van der Waals surface area contributed by atoms with Gasteiger partial charge in [0.25, 0.3) is 5.91 Å². The molecule has 1 aromatic rings. The number of nitrogens with two attached hydrogens (primary N) is 1. The molecule has 0 aromatic heterocycles. The summed E-state index contributed by atoms with van der Waals surface area (Å²) in [5.74, 6) is 0.0938. The Morgan fingerprint density at radius 2 is 2.05 bits per heavy atom. The highest BCUT2D eigenvalue weighted by atomic mass is 16.2. The van der Waals surface area contributed by atoms with E-state index >= 15 is 0 Å². The number of aryl methyl sites for hydroxylation is 1. The minimum absolute atomic E-state index is 0.0938. The topological polar surface area (TPSA) is 49.6 Å². The first-order chi connectivity index (χ1) is 9.65. The number of rotatable bonds is 1. The molecule has 1 aromatic carbocycles. The SMILES string of the molecule is Cc1ccc(C(=O)N2CCCN3CCCC3C2)c(N)c1. The van der Waals surface area contributed by atoms with Gasteiger partial charge in [-0.1, -0.05) is 6.07 Å². The first-order valence-electron chi connectivity index (χ1n) is 7.54. The van der Waals surface area contributed by atoms with Crippen LogP contribution in [0.15, 0.2) is 18.2 Å². The molecule has 20 heavy (non-hydrogen) atoms. The maximum Gasteiger partial charge on any atom is 0.255 e. The van der Waals surface area contributed by atoms with E-state index in [1.807, 2.05) is 30.0 Å². The Hall–Kier alpha value is -1.55. The summed E-state index contributed by atoms with van der Waals surface area (Å²) in [6.45, 7) is 6.01. The molecule has 4 heteroatoms. The van der Waals surface area contributed by atoms with Crippen LogP contribution in [0.1, 0.15) is 35.2 Å². The van der Waals surface area contributed by atoms with Crippen LogP contribution in [0.25, 0.3) is 0 Å². The first-order valence-corrected chi connectivity index (χ1v) is 7.54. The van der Waals surface area contributed by atoms with Gasteiger partial charge in [-0.3, -0.25) is 9.69 Å². The lowest BCUT2D eigenvalue weighted by atomic mass is 10.1. The molecule has 2 saturated heterocycles. The highest BCUT2D eigenvalue weighted by molar-refractivity contribution is 5.99. The summed E-state index contributed by atoms with van der Waals surface area (Å²) in [4.78, 5) is 17.2. The predicted molar refractivity (Wildman–Crippen MR) is 80.7 cm³/mol. The molecule has 2 N–H and O–H groups in total. The van der Waals surface area contributed by atoms with Crippen molar-refractivity contribution in [3.8, 4) is 0 Å². The van der Waals surface area contributed by atoms with E-state index in [9.17, 15) is 4.79 Å². The molecule has 1 amide bonds. The minimum Gasteiger partial charge on any atom is -0.398 e. The molecule has 3 rings (SSSR count). The summed E-state index contributed by atoms with van der Waals surface area (Å²) in [5.41, 5.74) is 8.37. The van der Waals surface area contributed by atoms with Crippen molar-refractivity contribution in [2.24, 2.45) is 0 Å². The largest absolute Gasteiger partial charge is 0.398 e. The third-order valence-corrected chi connectivity index (χ3v) is 4.53. The van der Waals surface area contributed by atoms with E-state index in [0.29, 0.717) is 17.3 Å². The van der Waals surface area contributed by atoms with Crippen LogP contribution in [0, 0.1) is 6.92 Å². The molecule has 0 radical (unpaired) electrons. The molecule has 0 spiro atoms. The number of nitrogens with zero attached hydrogens (tertiary/aromatic N) is 2. The lowest BCUT2D eigenvalue weighted by Gasteiger charge is -2.26. The van der Waals surface area contributed by atoms with E-state index in [1.54, 1.807) is 0 Å². The Morgan fingerprint density at radius 3 is 2.85 bits per heavy atom. The molecule has 108 valence electrons. The summed E-state index contributed by atoms with van der Waals surface area (Å²) in [6, 6.07) is 6.26. The second-order valence-corrected chi connectivity index (χ2v) is 6.03. The van der Waals surface area contributed by atoms with Gasteiger partial charge in [-0.2, -0.15) is 0 Å². The highest BCUT2D eigenvalue weighted by Crippen LogP contribution is 2.23. The van der Waals surface area contributed by atoms with E-state index in [0.717, 1.165) is 31.6 Å². The average Bonchev–Trinajstić information content (AvgIpc) is 2.75. The van der Waals surface area contributed by atoms with Crippen molar-refractivity contribution < 1.29 is 4.79 Å². The maximum absolute atomic E-state index is 12.7. The molecule has 0 bridgehead atoms. The van der Waals surface area contributed by atoms with Gasteiger partial charge in [0.05, 0.1) is 5.56 Å². The smallest absolute Gasteiger partial charge is 0.255 e. The van der Waals surface area contributed by atoms with Crippen LogP contribution in [-0.2, 0) is 0 Å². The van der Waals surface area contributed by atoms with Crippen molar-refractivity contribution in [2.75, 3.05) is 31.9 Å². The van der Waals surface area contributed by atoms with Gasteiger partial charge < -0.3 is 10.6 Å². The number of hydrogen-bond acceptors (Lipinski definition) is 3. The van der Waals surface area contributed by atoms with E-state index in [4.69, 9.17) is 5.73 Å². The van der Waals surface area contributed by atoms with Crippen LogP contribution in [0.5, 0.6) is 0 Å². The summed E-state index contributed by atoms with van der Waals surface area (Å²) < 4.78 is 0. The fourth-order valence-electron chi connectivity index (χ4n) is 3.44. The van der Waals surface area contributed by atoms with Crippen LogP contribution in [-0.4, -0.2) is 47.9 Å². The van der Waals surface area contributed by atoms with Gasteiger partial charge >= 0.3 is 0 Å².